The molecule has 1 aliphatic rings. The number of amides is 1. The minimum Gasteiger partial charge on any atom is -0.478 e. The van der Waals surface area contributed by atoms with Gasteiger partial charge >= 0.3 is 12.1 Å². The van der Waals surface area contributed by atoms with Crippen LogP contribution in [0.25, 0.3) is 0 Å². The van der Waals surface area contributed by atoms with Crippen molar-refractivity contribution >= 4 is 34.0 Å². The number of carbonyl (C=O) groups excluding carboxylic acids is 1. The van der Waals surface area contributed by atoms with E-state index < -0.39 is 58.6 Å². The van der Waals surface area contributed by atoms with Crippen molar-refractivity contribution in [2.75, 3.05) is 44.7 Å². The molecule has 2 aromatic heterocycles. The van der Waals surface area contributed by atoms with E-state index >= 15 is 4.39 Å². The Kier molecular flexibility index (Phi) is 11.6. The number of methoxy groups -OCH3 is 2. The van der Waals surface area contributed by atoms with E-state index in [1.54, 1.807) is 12.4 Å². The molecule has 0 spiro atoms. The number of alkyl halides is 3. The number of benzene rings is 1. The number of nitrogens with zero attached hydrogens (tertiary/aromatic N) is 3. The van der Waals surface area contributed by atoms with Gasteiger partial charge < -0.3 is 29.5 Å². The average Bonchev–Trinajstić information content (AvgIpc) is 3.46. The Morgan fingerprint density at radius 1 is 1.13 bits per heavy atom. The summed E-state index contributed by atoms with van der Waals surface area (Å²) >= 11 is 1.29. The van der Waals surface area contributed by atoms with Crippen LogP contribution in [0.3, 0.4) is 0 Å². The number of carbonyl (C=O) groups is 2. The van der Waals surface area contributed by atoms with Crippen molar-refractivity contribution in [3.8, 4) is 11.6 Å². The summed E-state index contributed by atoms with van der Waals surface area (Å²) in [5.74, 6) is -4.94. The van der Waals surface area contributed by atoms with Gasteiger partial charge in [-0.2, -0.15) is 13.2 Å². The summed E-state index contributed by atoms with van der Waals surface area (Å²) in [5.41, 5.74) is -1.42. The number of aromatic carboxylic acids is 1. The maximum Gasteiger partial charge on any atom is 0.421 e. The second kappa shape index (κ2) is 15.2. The van der Waals surface area contributed by atoms with Crippen molar-refractivity contribution in [2.24, 2.45) is 11.8 Å². The summed E-state index contributed by atoms with van der Waals surface area (Å²) in [7, 11) is 4.47. The van der Waals surface area contributed by atoms with Crippen molar-refractivity contribution in [3.05, 3.63) is 58.0 Å². The van der Waals surface area contributed by atoms with Gasteiger partial charge in [-0.05, 0) is 43.2 Å². The number of carboxylic acid groups (broad SMARTS) is 1. The average molecular weight is 669 g/mol. The smallest absolute Gasteiger partial charge is 0.421 e. The third-order valence-electron chi connectivity index (χ3n) is 7.80. The number of carboxylic acids is 1. The highest BCUT2D eigenvalue weighted by Gasteiger charge is 2.38. The number of hydrogen-bond donors (Lipinski definition) is 2. The standard InChI is InChI=1S/C31H36F4N4O6S/c1-17-5-7-19(8-6-17)28(40)39(21(14-43-3)15-44-4)25-12-24(32)26(11-22(25)29(41)42)45-27-23(31(33,34)35)10-18(13-37-27)9-20-16-46-30(36-2)38-20/h10-13,16-17,19,21H,5-9,14-15H2,1-4H3,(H,36,38)(H,41,42). The van der Waals surface area contributed by atoms with Crippen LogP contribution in [-0.4, -0.2) is 67.5 Å². The van der Waals surface area contributed by atoms with Gasteiger partial charge in [0.2, 0.25) is 11.8 Å². The molecular formula is C31H36F4N4O6S. The fourth-order valence-electron chi connectivity index (χ4n) is 5.47. The van der Waals surface area contributed by atoms with Crippen molar-refractivity contribution in [3.63, 3.8) is 0 Å². The topological polar surface area (TPSA) is 123 Å². The van der Waals surface area contributed by atoms with Crippen LogP contribution in [0.1, 0.15) is 59.8 Å². The van der Waals surface area contributed by atoms with Gasteiger partial charge in [0.1, 0.15) is 5.56 Å². The number of halogens is 4. The molecule has 0 saturated heterocycles. The summed E-state index contributed by atoms with van der Waals surface area (Å²) in [5, 5.41) is 15.3. The number of anilines is 2. The van der Waals surface area contributed by atoms with Crippen molar-refractivity contribution in [1.82, 2.24) is 9.97 Å². The molecule has 250 valence electrons. The molecule has 0 aliphatic heterocycles. The van der Waals surface area contributed by atoms with Crippen LogP contribution in [-0.2, 0) is 26.9 Å². The first-order valence-corrected chi connectivity index (χ1v) is 15.5. The zero-order valence-corrected chi connectivity index (χ0v) is 26.6. The molecule has 1 fully saturated rings. The maximum atomic E-state index is 15.7. The number of aromatic nitrogens is 2. The van der Waals surface area contributed by atoms with E-state index in [4.69, 9.17) is 14.2 Å². The number of ether oxygens (including phenoxy) is 3. The first kappa shape index (κ1) is 35.0. The van der Waals surface area contributed by atoms with Crippen molar-refractivity contribution in [2.45, 2.75) is 51.2 Å². The third-order valence-corrected chi connectivity index (χ3v) is 8.71. The molecule has 1 amide bonds. The summed E-state index contributed by atoms with van der Waals surface area (Å²) < 4.78 is 74.0. The highest BCUT2D eigenvalue weighted by atomic mass is 32.1. The van der Waals surface area contributed by atoms with Crippen LogP contribution >= 0.6 is 11.3 Å². The van der Waals surface area contributed by atoms with E-state index in [1.165, 1.54) is 30.5 Å². The summed E-state index contributed by atoms with van der Waals surface area (Å²) in [4.78, 5) is 35.7. The lowest BCUT2D eigenvalue weighted by Gasteiger charge is -2.36. The van der Waals surface area contributed by atoms with Crippen molar-refractivity contribution in [1.29, 1.82) is 0 Å². The maximum absolute atomic E-state index is 15.7. The summed E-state index contributed by atoms with van der Waals surface area (Å²) in [6.07, 6.45) is -1.01. The Bertz CT molecular complexity index is 1520. The van der Waals surface area contributed by atoms with Crippen LogP contribution in [0, 0.1) is 17.7 Å². The Hall–Kier alpha value is -3.82. The molecule has 3 aromatic rings. The highest BCUT2D eigenvalue weighted by Crippen LogP contribution is 2.40. The molecule has 46 heavy (non-hydrogen) atoms. The number of hydrogen-bond acceptors (Lipinski definition) is 9. The fraction of sp³-hybridized carbons (Fsp3) is 0.484. The van der Waals surface area contributed by atoms with Gasteiger partial charge in [0, 0.05) is 57.3 Å². The van der Waals surface area contributed by atoms with E-state index in [1.807, 2.05) is 0 Å². The summed E-state index contributed by atoms with van der Waals surface area (Å²) in [6.45, 7) is 1.98. The molecule has 1 saturated carbocycles. The Labute approximate surface area is 267 Å². The normalized spacial score (nSPS) is 16.8. The quantitative estimate of drug-likeness (QED) is 0.193. The molecule has 10 nitrogen and oxygen atoms in total. The lowest BCUT2D eigenvalue weighted by Crippen LogP contribution is -2.49. The molecule has 0 unspecified atom stereocenters. The second-order valence-corrected chi connectivity index (χ2v) is 12.1. The Morgan fingerprint density at radius 2 is 1.80 bits per heavy atom. The monoisotopic (exact) mass is 668 g/mol. The van der Waals surface area contributed by atoms with Crippen LogP contribution in [0.15, 0.2) is 29.8 Å². The van der Waals surface area contributed by atoms with Gasteiger partial charge in [0.15, 0.2) is 16.7 Å². The van der Waals surface area contributed by atoms with Crippen molar-refractivity contribution < 1.29 is 46.5 Å². The van der Waals surface area contributed by atoms with Crippen LogP contribution in [0.4, 0.5) is 28.4 Å². The molecule has 2 N–H and O–H groups in total. The Balaban J connectivity index is 1.74. The lowest BCUT2D eigenvalue weighted by atomic mass is 9.82. The number of nitrogens with one attached hydrogen (secondary N) is 1. The van der Waals surface area contributed by atoms with Gasteiger partial charge in [-0.3, -0.25) is 4.79 Å². The second-order valence-electron chi connectivity index (χ2n) is 11.2. The highest BCUT2D eigenvalue weighted by molar-refractivity contribution is 7.13. The van der Waals surface area contributed by atoms with E-state index in [0.717, 1.165) is 37.2 Å². The van der Waals surface area contributed by atoms with Crippen LogP contribution in [0.5, 0.6) is 11.6 Å². The first-order valence-electron chi connectivity index (χ1n) is 14.6. The van der Waals surface area contributed by atoms with E-state index in [-0.39, 0.29) is 30.9 Å². The van der Waals surface area contributed by atoms with Crippen LogP contribution < -0.4 is 15.0 Å². The molecular weight excluding hydrogens is 632 g/mol. The van der Waals surface area contributed by atoms with Gasteiger partial charge in [0.05, 0.1) is 36.2 Å². The number of thiazole rings is 1. The zero-order valence-electron chi connectivity index (χ0n) is 25.8. The predicted octanol–water partition coefficient (Wildman–Crippen LogP) is 6.64. The number of rotatable bonds is 13. The third kappa shape index (κ3) is 8.30. The molecule has 15 heteroatoms. The van der Waals surface area contributed by atoms with E-state index in [2.05, 4.69) is 22.2 Å². The SMILES string of the molecule is CNc1nc(Cc2cnc(Oc3cc(C(=O)O)c(N(C(=O)C4CCC(C)CC4)C(COC)COC)cc3F)c(C(F)(F)F)c2)cs1. The fourth-order valence-corrected chi connectivity index (χ4v) is 6.14. The Morgan fingerprint density at radius 3 is 2.37 bits per heavy atom. The molecule has 1 aliphatic carbocycles. The molecule has 0 radical (unpaired) electrons. The lowest BCUT2D eigenvalue weighted by molar-refractivity contribution is -0.139. The molecule has 0 atom stereocenters. The number of pyridine rings is 1. The van der Waals surface area contributed by atoms with Crippen LogP contribution in [0.2, 0.25) is 0 Å². The molecule has 4 rings (SSSR count). The zero-order chi connectivity index (χ0) is 33.6. The first-order chi connectivity index (χ1) is 21.9. The van der Waals surface area contributed by atoms with Gasteiger partial charge in [0.25, 0.3) is 0 Å². The molecule has 2 heterocycles. The van der Waals surface area contributed by atoms with Gasteiger partial charge in [-0.25, -0.2) is 19.2 Å². The summed E-state index contributed by atoms with van der Waals surface area (Å²) in [6, 6.07) is 1.55. The van der Waals surface area contributed by atoms with E-state index in [0.29, 0.717) is 29.6 Å². The minimum absolute atomic E-state index is 0.0502. The molecule has 1 aromatic carbocycles. The minimum atomic E-state index is -4.93. The van der Waals surface area contributed by atoms with Gasteiger partial charge in [-0.15, -0.1) is 11.3 Å². The van der Waals surface area contributed by atoms with Gasteiger partial charge in [-0.1, -0.05) is 6.92 Å². The molecule has 0 bridgehead atoms. The van der Waals surface area contributed by atoms with E-state index in [9.17, 15) is 27.9 Å². The largest absolute Gasteiger partial charge is 0.478 e. The predicted molar refractivity (Wildman–Crippen MR) is 163 cm³/mol.